The van der Waals surface area contributed by atoms with Crippen LogP contribution in [0.5, 0.6) is 0 Å². The first-order valence-electron chi connectivity index (χ1n) is 6.73. The minimum absolute atomic E-state index is 0.0833. The van der Waals surface area contributed by atoms with Crippen LogP contribution in [0.1, 0.15) is 28.1 Å². The van der Waals surface area contributed by atoms with Crippen LogP contribution in [0.2, 0.25) is 0 Å². The summed E-state index contributed by atoms with van der Waals surface area (Å²) in [5, 5.41) is 9.04. The molecule has 1 aromatic rings. The quantitative estimate of drug-likeness (QED) is 0.883. The number of aryl methyl sites for hydroxylation is 1. The maximum absolute atomic E-state index is 12.5. The number of carboxylic acids is 1. The number of nitrogens with zero attached hydrogens (tertiary/aromatic N) is 2. The Morgan fingerprint density at radius 3 is 2.71 bits per heavy atom. The minimum Gasteiger partial charge on any atom is -0.477 e. The van der Waals surface area contributed by atoms with Gasteiger partial charge in [0.05, 0.1) is 0 Å². The Kier molecular flexibility index (Phi) is 4.72. The van der Waals surface area contributed by atoms with Crippen LogP contribution in [-0.2, 0) is 10.0 Å². The van der Waals surface area contributed by atoms with Gasteiger partial charge in [-0.05, 0) is 45.0 Å². The maximum Gasteiger partial charge on any atom is 0.346 e. The fraction of sp³-hybridized carbons (Fsp3) is 0.615. The smallest absolute Gasteiger partial charge is 0.346 e. The molecule has 1 aromatic heterocycles. The van der Waals surface area contributed by atoms with E-state index in [1.807, 2.05) is 7.05 Å². The summed E-state index contributed by atoms with van der Waals surface area (Å²) in [4.78, 5) is 13.3. The summed E-state index contributed by atoms with van der Waals surface area (Å²) in [5.41, 5.74) is 0.484. The minimum atomic E-state index is -3.62. The number of hydrogen-bond donors (Lipinski definition) is 1. The molecule has 1 atom stereocenters. The Morgan fingerprint density at radius 1 is 1.57 bits per heavy atom. The molecule has 118 valence electrons. The molecular formula is C13H20N2O4S2. The van der Waals surface area contributed by atoms with E-state index in [4.69, 9.17) is 5.11 Å². The topological polar surface area (TPSA) is 77.9 Å². The lowest BCUT2D eigenvalue weighted by molar-refractivity contribution is 0.0701. The number of likely N-dealkylation sites (tertiary alicyclic amines) is 1. The predicted octanol–water partition coefficient (Wildman–Crippen LogP) is 1.47. The molecular weight excluding hydrogens is 312 g/mol. The molecule has 8 heteroatoms. The Bertz CT molecular complexity index is 639. The van der Waals surface area contributed by atoms with Gasteiger partial charge in [-0.2, -0.15) is 4.31 Å². The zero-order valence-electron chi connectivity index (χ0n) is 12.4. The van der Waals surface area contributed by atoms with Gasteiger partial charge in [0.1, 0.15) is 9.09 Å². The van der Waals surface area contributed by atoms with Gasteiger partial charge in [-0.25, -0.2) is 13.2 Å². The van der Waals surface area contributed by atoms with Crippen molar-refractivity contribution in [1.82, 2.24) is 9.21 Å². The monoisotopic (exact) mass is 332 g/mol. The van der Waals surface area contributed by atoms with E-state index in [9.17, 15) is 13.2 Å². The zero-order valence-corrected chi connectivity index (χ0v) is 14.0. The average molecular weight is 332 g/mol. The van der Waals surface area contributed by atoms with Crippen molar-refractivity contribution in [2.75, 3.05) is 27.2 Å². The summed E-state index contributed by atoms with van der Waals surface area (Å²) in [5.74, 6) is -1.09. The highest BCUT2D eigenvalue weighted by molar-refractivity contribution is 7.91. The van der Waals surface area contributed by atoms with E-state index in [1.165, 1.54) is 10.4 Å². The number of carbonyl (C=O) groups is 1. The molecule has 0 spiro atoms. The van der Waals surface area contributed by atoms with Crippen molar-refractivity contribution >= 4 is 27.3 Å². The SMILES string of the molecule is Cc1cc(S(=O)(=O)N(C)CC2CCCN2C)sc1C(=O)O. The average Bonchev–Trinajstić information content (AvgIpc) is 2.96. The molecule has 0 saturated carbocycles. The lowest BCUT2D eigenvalue weighted by Crippen LogP contribution is -2.39. The second-order valence-corrected chi connectivity index (χ2v) is 8.77. The van der Waals surface area contributed by atoms with Crippen molar-refractivity contribution in [3.63, 3.8) is 0 Å². The van der Waals surface area contributed by atoms with Crippen molar-refractivity contribution < 1.29 is 18.3 Å². The molecule has 0 radical (unpaired) electrons. The number of rotatable bonds is 5. The Morgan fingerprint density at radius 2 is 2.24 bits per heavy atom. The van der Waals surface area contributed by atoms with Gasteiger partial charge in [-0.3, -0.25) is 0 Å². The van der Waals surface area contributed by atoms with Crippen molar-refractivity contribution in [1.29, 1.82) is 0 Å². The third-order valence-electron chi connectivity index (χ3n) is 3.89. The molecule has 1 fully saturated rings. The number of sulfonamides is 1. The first-order chi connectivity index (χ1) is 9.73. The molecule has 0 aromatic carbocycles. The Balaban J connectivity index is 2.20. The molecule has 0 amide bonds. The number of aromatic carboxylic acids is 1. The van der Waals surface area contributed by atoms with Crippen LogP contribution in [0, 0.1) is 6.92 Å². The van der Waals surface area contributed by atoms with Crippen molar-refractivity contribution in [3.8, 4) is 0 Å². The van der Waals surface area contributed by atoms with E-state index in [-0.39, 0.29) is 15.1 Å². The Labute approximate surface area is 129 Å². The summed E-state index contributed by atoms with van der Waals surface area (Å²) in [6, 6.07) is 1.67. The van der Waals surface area contributed by atoms with Gasteiger partial charge in [-0.1, -0.05) is 0 Å². The summed E-state index contributed by atoms with van der Waals surface area (Å²) in [6.45, 7) is 3.03. The summed E-state index contributed by atoms with van der Waals surface area (Å²) in [6.07, 6.45) is 2.07. The van der Waals surface area contributed by atoms with Gasteiger partial charge in [0, 0.05) is 19.6 Å². The van der Waals surface area contributed by atoms with Crippen molar-refractivity contribution in [3.05, 3.63) is 16.5 Å². The summed E-state index contributed by atoms with van der Waals surface area (Å²) >= 11 is 0.819. The van der Waals surface area contributed by atoms with Crippen molar-refractivity contribution in [2.24, 2.45) is 0 Å². The number of likely N-dealkylation sites (N-methyl/N-ethyl adjacent to an activating group) is 2. The zero-order chi connectivity index (χ0) is 15.8. The van der Waals surface area contributed by atoms with E-state index < -0.39 is 16.0 Å². The maximum atomic E-state index is 12.5. The first-order valence-corrected chi connectivity index (χ1v) is 8.99. The second-order valence-electron chi connectivity index (χ2n) is 5.44. The lowest BCUT2D eigenvalue weighted by Gasteiger charge is -2.24. The van der Waals surface area contributed by atoms with Crippen LogP contribution in [-0.4, -0.2) is 61.9 Å². The van der Waals surface area contributed by atoms with Gasteiger partial charge in [0.25, 0.3) is 10.0 Å². The first kappa shape index (κ1) is 16.4. The Hall–Kier alpha value is -0.960. The predicted molar refractivity (Wildman–Crippen MR) is 81.5 cm³/mol. The van der Waals surface area contributed by atoms with Crippen LogP contribution in [0.25, 0.3) is 0 Å². The van der Waals surface area contributed by atoms with Crippen LogP contribution >= 0.6 is 11.3 Å². The summed E-state index contributed by atoms with van der Waals surface area (Å²) < 4.78 is 26.5. The fourth-order valence-corrected chi connectivity index (χ4v) is 5.35. The summed E-state index contributed by atoms with van der Waals surface area (Å²) in [7, 11) is -0.0747. The molecule has 0 aliphatic carbocycles. The van der Waals surface area contributed by atoms with Gasteiger partial charge in [0.2, 0.25) is 0 Å². The number of hydrogen-bond acceptors (Lipinski definition) is 5. The molecule has 2 heterocycles. The van der Waals surface area contributed by atoms with Gasteiger partial charge < -0.3 is 10.0 Å². The van der Waals surface area contributed by atoms with Crippen molar-refractivity contribution in [2.45, 2.75) is 30.0 Å². The third kappa shape index (κ3) is 3.28. The standard InChI is InChI=1S/C13H20N2O4S2/c1-9-7-11(20-12(9)13(16)17)21(18,19)15(3)8-10-5-4-6-14(10)2/h7,10H,4-6,8H2,1-3H3,(H,16,17). The highest BCUT2D eigenvalue weighted by atomic mass is 32.2. The van der Waals surface area contributed by atoms with Crippen LogP contribution in [0.15, 0.2) is 10.3 Å². The molecule has 1 unspecified atom stereocenters. The van der Waals surface area contributed by atoms with Gasteiger partial charge >= 0.3 is 5.97 Å². The molecule has 2 rings (SSSR count). The lowest BCUT2D eigenvalue weighted by atomic mass is 10.2. The van der Waals surface area contributed by atoms with Crippen LogP contribution in [0.4, 0.5) is 0 Å². The molecule has 6 nitrogen and oxygen atoms in total. The number of thiophene rings is 1. The van der Waals surface area contributed by atoms with E-state index in [0.29, 0.717) is 12.1 Å². The van der Waals surface area contributed by atoms with E-state index >= 15 is 0 Å². The third-order valence-corrected chi connectivity index (χ3v) is 7.39. The van der Waals surface area contributed by atoms with E-state index in [0.717, 1.165) is 30.7 Å². The molecule has 0 bridgehead atoms. The van der Waals surface area contributed by atoms with E-state index in [1.54, 1.807) is 14.0 Å². The normalized spacial score (nSPS) is 20.3. The molecule has 1 aliphatic rings. The molecule has 1 saturated heterocycles. The highest BCUT2D eigenvalue weighted by Crippen LogP contribution is 2.28. The van der Waals surface area contributed by atoms with Gasteiger partial charge in [-0.15, -0.1) is 11.3 Å². The molecule has 21 heavy (non-hydrogen) atoms. The molecule has 1 aliphatic heterocycles. The fourth-order valence-electron chi connectivity index (χ4n) is 2.55. The highest BCUT2D eigenvalue weighted by Gasteiger charge is 2.30. The van der Waals surface area contributed by atoms with Crippen LogP contribution < -0.4 is 0 Å². The largest absolute Gasteiger partial charge is 0.477 e. The second kappa shape index (κ2) is 6.04. The van der Waals surface area contributed by atoms with E-state index in [2.05, 4.69) is 4.90 Å². The number of carboxylic acid groups (broad SMARTS) is 1. The van der Waals surface area contributed by atoms with Gasteiger partial charge in [0.15, 0.2) is 0 Å². The van der Waals surface area contributed by atoms with Crippen LogP contribution in [0.3, 0.4) is 0 Å². The molecule has 1 N–H and O–H groups in total.